The van der Waals surface area contributed by atoms with Crippen molar-refractivity contribution >= 4 is 5.91 Å². The Morgan fingerprint density at radius 3 is 2.87 bits per heavy atom. The Kier molecular flexibility index (Phi) is 3.89. The van der Waals surface area contributed by atoms with E-state index in [2.05, 4.69) is 11.0 Å². The molecule has 0 radical (unpaired) electrons. The molecule has 0 unspecified atom stereocenters. The van der Waals surface area contributed by atoms with Gasteiger partial charge in [-0.2, -0.15) is 0 Å². The van der Waals surface area contributed by atoms with Gasteiger partial charge in [-0.1, -0.05) is 12.5 Å². The maximum atomic E-state index is 13.0. The summed E-state index contributed by atoms with van der Waals surface area (Å²) in [4.78, 5) is 15.0. The Hall–Kier alpha value is -1.75. The van der Waals surface area contributed by atoms with Gasteiger partial charge >= 0.3 is 0 Å². The van der Waals surface area contributed by atoms with Crippen molar-refractivity contribution in [3.8, 4) is 11.5 Å². The molecule has 4 rings (SSSR count). The van der Waals surface area contributed by atoms with Crippen molar-refractivity contribution in [3.63, 3.8) is 0 Å². The van der Waals surface area contributed by atoms with Gasteiger partial charge < -0.3 is 20.1 Å². The second kappa shape index (κ2) is 6.04. The lowest BCUT2D eigenvalue weighted by atomic mass is 9.85. The highest BCUT2D eigenvalue weighted by molar-refractivity contribution is 5.80. The number of fused-ring (bicyclic) bond motifs is 1. The van der Waals surface area contributed by atoms with Gasteiger partial charge in [-0.3, -0.25) is 4.79 Å². The third-order valence-corrected chi connectivity index (χ3v) is 5.38. The second-order valence-electron chi connectivity index (χ2n) is 6.93. The minimum Gasteiger partial charge on any atom is -0.454 e. The van der Waals surface area contributed by atoms with Crippen LogP contribution < -0.4 is 15.2 Å². The molecule has 3 aliphatic rings. The Labute approximate surface area is 136 Å². The van der Waals surface area contributed by atoms with Gasteiger partial charge in [0, 0.05) is 18.5 Å². The van der Waals surface area contributed by atoms with Crippen molar-refractivity contribution in [2.75, 3.05) is 13.3 Å². The third kappa shape index (κ3) is 2.78. The van der Waals surface area contributed by atoms with Crippen molar-refractivity contribution in [1.82, 2.24) is 4.90 Å². The number of amides is 1. The fraction of sp³-hybridized carbons (Fsp3) is 0.611. The fourth-order valence-electron chi connectivity index (χ4n) is 4.18. The molecule has 2 heterocycles. The number of nitrogens with zero attached hydrogens (tertiary/aromatic N) is 1. The molecule has 1 aliphatic carbocycles. The molecular formula is C18H24N2O3. The Morgan fingerprint density at radius 1 is 1.13 bits per heavy atom. The molecule has 1 amide bonds. The molecule has 1 saturated heterocycles. The number of rotatable bonds is 2. The summed E-state index contributed by atoms with van der Waals surface area (Å²) >= 11 is 0. The molecule has 5 heteroatoms. The quantitative estimate of drug-likeness (QED) is 0.911. The van der Waals surface area contributed by atoms with E-state index in [1.165, 1.54) is 0 Å². The molecule has 23 heavy (non-hydrogen) atoms. The zero-order valence-corrected chi connectivity index (χ0v) is 13.4. The average molecular weight is 316 g/mol. The summed E-state index contributed by atoms with van der Waals surface area (Å²) in [6.45, 7) is 1.13. The third-order valence-electron chi connectivity index (χ3n) is 5.38. The summed E-state index contributed by atoms with van der Waals surface area (Å²) in [5, 5.41) is 0. The van der Waals surface area contributed by atoms with E-state index in [1.807, 2.05) is 12.1 Å². The van der Waals surface area contributed by atoms with E-state index in [-0.39, 0.29) is 24.8 Å². The van der Waals surface area contributed by atoms with Crippen LogP contribution >= 0.6 is 0 Å². The molecule has 0 aromatic heterocycles. The Bertz CT molecular complexity index is 604. The molecule has 0 spiro atoms. The van der Waals surface area contributed by atoms with Crippen molar-refractivity contribution in [2.24, 2.45) is 11.7 Å². The van der Waals surface area contributed by atoms with E-state index < -0.39 is 0 Å². The van der Waals surface area contributed by atoms with Crippen molar-refractivity contribution < 1.29 is 14.3 Å². The smallest absolute Gasteiger partial charge is 0.231 e. The number of likely N-dealkylation sites (tertiary alicyclic amines) is 1. The van der Waals surface area contributed by atoms with Crippen LogP contribution in [-0.2, 0) is 4.79 Å². The zero-order chi connectivity index (χ0) is 15.8. The first-order chi connectivity index (χ1) is 11.2. The van der Waals surface area contributed by atoms with Gasteiger partial charge in [-0.25, -0.2) is 0 Å². The molecule has 0 bridgehead atoms. The lowest BCUT2D eigenvalue weighted by Gasteiger charge is -2.32. The summed E-state index contributed by atoms with van der Waals surface area (Å²) in [6.07, 6.45) is 6.02. The van der Waals surface area contributed by atoms with E-state index in [9.17, 15) is 4.79 Å². The first-order valence-corrected chi connectivity index (χ1v) is 8.68. The van der Waals surface area contributed by atoms with Gasteiger partial charge in [0.25, 0.3) is 0 Å². The van der Waals surface area contributed by atoms with E-state index >= 15 is 0 Å². The van der Waals surface area contributed by atoms with Gasteiger partial charge in [0.15, 0.2) is 11.5 Å². The van der Waals surface area contributed by atoms with E-state index in [0.717, 1.165) is 62.1 Å². The van der Waals surface area contributed by atoms with Crippen LogP contribution in [0.15, 0.2) is 18.2 Å². The summed E-state index contributed by atoms with van der Waals surface area (Å²) < 4.78 is 10.9. The fourth-order valence-corrected chi connectivity index (χ4v) is 4.18. The topological polar surface area (TPSA) is 64.8 Å². The van der Waals surface area contributed by atoms with Crippen molar-refractivity contribution in [3.05, 3.63) is 23.8 Å². The number of hydrogen-bond donors (Lipinski definition) is 1. The van der Waals surface area contributed by atoms with Crippen LogP contribution in [0.25, 0.3) is 0 Å². The average Bonchev–Trinajstić information content (AvgIpc) is 3.22. The van der Waals surface area contributed by atoms with Gasteiger partial charge in [0.1, 0.15) is 0 Å². The summed E-state index contributed by atoms with van der Waals surface area (Å²) in [7, 11) is 0. The van der Waals surface area contributed by atoms with Crippen LogP contribution in [0.4, 0.5) is 0 Å². The van der Waals surface area contributed by atoms with Gasteiger partial charge in [0.2, 0.25) is 12.7 Å². The lowest BCUT2D eigenvalue weighted by Crippen LogP contribution is -2.40. The molecule has 1 aromatic rings. The summed E-state index contributed by atoms with van der Waals surface area (Å²) in [5.41, 5.74) is 7.22. The van der Waals surface area contributed by atoms with Gasteiger partial charge in [0.05, 0.1) is 6.04 Å². The van der Waals surface area contributed by atoms with Crippen LogP contribution in [0.1, 0.15) is 50.1 Å². The van der Waals surface area contributed by atoms with E-state index in [4.69, 9.17) is 15.2 Å². The molecular weight excluding hydrogens is 292 g/mol. The maximum Gasteiger partial charge on any atom is 0.231 e. The minimum atomic E-state index is 0.105. The largest absolute Gasteiger partial charge is 0.454 e. The minimum absolute atomic E-state index is 0.105. The number of benzene rings is 1. The Morgan fingerprint density at radius 2 is 2.00 bits per heavy atom. The van der Waals surface area contributed by atoms with Crippen LogP contribution in [0.5, 0.6) is 11.5 Å². The SMILES string of the molecule is N[C@@H]1CCC[C@@H](C(=O)N2CCC[C@@H]2c2ccc3c(c2)OCO3)C1. The second-order valence-corrected chi connectivity index (χ2v) is 6.93. The number of nitrogens with two attached hydrogens (primary N) is 1. The highest BCUT2D eigenvalue weighted by Crippen LogP contribution is 2.40. The molecule has 2 aliphatic heterocycles. The van der Waals surface area contributed by atoms with Gasteiger partial charge in [-0.05, 0) is 49.8 Å². The predicted molar refractivity (Wildman–Crippen MR) is 86.2 cm³/mol. The molecule has 1 aromatic carbocycles. The number of ether oxygens (including phenoxy) is 2. The number of hydrogen-bond acceptors (Lipinski definition) is 4. The molecule has 5 nitrogen and oxygen atoms in total. The standard InChI is InChI=1S/C18H24N2O3/c19-14-4-1-3-13(9-14)18(21)20-8-2-5-15(20)12-6-7-16-17(10-12)23-11-22-16/h6-7,10,13-15H,1-5,8-9,11,19H2/t13-,14-,15-/m1/s1. The van der Waals surface area contributed by atoms with Crippen molar-refractivity contribution in [1.29, 1.82) is 0 Å². The highest BCUT2D eigenvalue weighted by Gasteiger charge is 2.36. The maximum absolute atomic E-state index is 13.0. The zero-order valence-electron chi connectivity index (χ0n) is 13.4. The summed E-state index contributed by atoms with van der Waals surface area (Å²) in [6, 6.07) is 6.40. The normalized spacial score (nSPS) is 29.8. The highest BCUT2D eigenvalue weighted by atomic mass is 16.7. The predicted octanol–water partition coefficient (Wildman–Crippen LogP) is 2.60. The van der Waals surface area contributed by atoms with Crippen LogP contribution in [0, 0.1) is 5.92 Å². The van der Waals surface area contributed by atoms with Crippen LogP contribution in [-0.4, -0.2) is 30.2 Å². The monoisotopic (exact) mass is 316 g/mol. The first kappa shape index (κ1) is 14.8. The van der Waals surface area contributed by atoms with Gasteiger partial charge in [-0.15, -0.1) is 0 Å². The van der Waals surface area contributed by atoms with Crippen molar-refractivity contribution in [2.45, 2.75) is 50.6 Å². The van der Waals surface area contributed by atoms with E-state index in [0.29, 0.717) is 5.91 Å². The van der Waals surface area contributed by atoms with Crippen LogP contribution in [0.2, 0.25) is 0 Å². The molecule has 124 valence electrons. The summed E-state index contributed by atoms with van der Waals surface area (Å²) in [5.74, 6) is 1.98. The molecule has 1 saturated carbocycles. The molecule has 3 atom stereocenters. The number of carbonyl (C=O) groups is 1. The lowest BCUT2D eigenvalue weighted by molar-refractivity contribution is -0.137. The Balaban J connectivity index is 1.53. The van der Waals surface area contributed by atoms with E-state index in [1.54, 1.807) is 0 Å². The molecule has 2 N–H and O–H groups in total. The van der Waals surface area contributed by atoms with Crippen LogP contribution in [0.3, 0.4) is 0 Å². The first-order valence-electron chi connectivity index (χ1n) is 8.68. The molecule has 2 fully saturated rings. The number of carbonyl (C=O) groups excluding carboxylic acids is 1.